The Morgan fingerprint density at radius 2 is 1.00 bits per heavy atom. The molecule has 0 saturated heterocycles. The molecule has 6 rings (SSSR count). The lowest BCUT2D eigenvalue weighted by molar-refractivity contribution is 0.511. The number of hydrogen-bond donors (Lipinski definition) is 0. The van der Waals surface area contributed by atoms with Gasteiger partial charge in [-0.25, -0.2) is 8.78 Å². The molecule has 0 spiro atoms. The van der Waals surface area contributed by atoms with E-state index in [0.29, 0.717) is 11.1 Å². The van der Waals surface area contributed by atoms with E-state index < -0.39 is 11.6 Å². The average Bonchev–Trinajstić information content (AvgIpc) is 2.74. The highest BCUT2D eigenvalue weighted by Gasteiger charge is 2.17. The maximum Gasteiger partial charge on any atom is 0.166 e. The molecule has 0 aliphatic rings. The Labute approximate surface area is 160 Å². The van der Waals surface area contributed by atoms with Crippen molar-refractivity contribution in [3.8, 4) is 11.1 Å². The van der Waals surface area contributed by atoms with Crippen LogP contribution in [-0.4, -0.2) is 0 Å². The van der Waals surface area contributed by atoms with Crippen molar-refractivity contribution in [1.29, 1.82) is 0 Å². The van der Waals surface area contributed by atoms with E-state index in [0.717, 1.165) is 27.6 Å². The van der Waals surface area contributed by atoms with Crippen LogP contribution in [0.3, 0.4) is 0 Å². The van der Waals surface area contributed by atoms with Crippen LogP contribution in [-0.2, 0) is 0 Å². The highest BCUT2D eigenvalue weighted by Crippen LogP contribution is 2.43. The fraction of sp³-hybridized carbons (Fsp3) is 0. The Balaban J connectivity index is 1.87. The maximum atomic E-state index is 14.6. The van der Waals surface area contributed by atoms with E-state index in [-0.39, 0.29) is 0 Å². The number of halogens is 2. The Hall–Kier alpha value is -3.52. The van der Waals surface area contributed by atoms with Gasteiger partial charge in [-0.15, -0.1) is 0 Å². The van der Waals surface area contributed by atoms with E-state index in [1.807, 2.05) is 24.3 Å². The van der Waals surface area contributed by atoms with Crippen molar-refractivity contribution >= 4 is 43.1 Å². The topological polar surface area (TPSA) is 0 Å². The molecule has 0 fully saturated rings. The number of fused-ring (bicyclic) bond motifs is 2. The summed E-state index contributed by atoms with van der Waals surface area (Å²) in [5.74, 6) is -1.63. The summed E-state index contributed by atoms with van der Waals surface area (Å²) in [7, 11) is 0. The van der Waals surface area contributed by atoms with Gasteiger partial charge in [0, 0.05) is 5.56 Å². The molecule has 0 aromatic heterocycles. The third-order valence-corrected chi connectivity index (χ3v) is 5.77. The first-order valence-electron chi connectivity index (χ1n) is 9.26. The van der Waals surface area contributed by atoms with Crippen molar-refractivity contribution in [3.63, 3.8) is 0 Å². The largest absolute Gasteiger partial charge is 0.204 e. The van der Waals surface area contributed by atoms with Crippen LogP contribution in [0.1, 0.15) is 0 Å². The van der Waals surface area contributed by atoms with Crippen molar-refractivity contribution < 1.29 is 8.78 Å². The zero-order valence-electron chi connectivity index (χ0n) is 14.8. The second-order valence-corrected chi connectivity index (χ2v) is 7.20. The SMILES string of the molecule is Fc1cccc(-c2ccc3c4cccc5cccc(c6cccc2c63)c54)c1F. The Morgan fingerprint density at radius 3 is 1.75 bits per heavy atom. The first-order valence-corrected chi connectivity index (χ1v) is 9.26. The third kappa shape index (κ3) is 1.92. The van der Waals surface area contributed by atoms with Gasteiger partial charge in [0.25, 0.3) is 0 Å². The van der Waals surface area contributed by atoms with Crippen LogP contribution < -0.4 is 0 Å². The van der Waals surface area contributed by atoms with Gasteiger partial charge < -0.3 is 0 Å². The monoisotopic (exact) mass is 364 g/mol. The zero-order chi connectivity index (χ0) is 18.8. The van der Waals surface area contributed by atoms with E-state index in [9.17, 15) is 8.78 Å². The Morgan fingerprint density at radius 1 is 0.429 bits per heavy atom. The summed E-state index contributed by atoms with van der Waals surface area (Å²) >= 11 is 0. The number of hydrogen-bond acceptors (Lipinski definition) is 0. The van der Waals surface area contributed by atoms with Gasteiger partial charge >= 0.3 is 0 Å². The molecule has 0 aliphatic carbocycles. The molecule has 0 N–H and O–H groups in total. The van der Waals surface area contributed by atoms with Crippen LogP contribution in [0, 0.1) is 11.6 Å². The number of benzene rings is 6. The van der Waals surface area contributed by atoms with Crippen LogP contribution in [0.2, 0.25) is 0 Å². The van der Waals surface area contributed by atoms with Crippen molar-refractivity contribution in [2.24, 2.45) is 0 Å². The van der Waals surface area contributed by atoms with Crippen LogP contribution in [0.4, 0.5) is 8.78 Å². The Bertz CT molecular complexity index is 1480. The summed E-state index contributed by atoms with van der Waals surface area (Å²) in [5, 5.41) is 9.12. The molecule has 0 atom stereocenters. The molecule has 0 unspecified atom stereocenters. The normalized spacial score (nSPS) is 11.9. The minimum atomic E-state index is -0.826. The third-order valence-electron chi connectivity index (χ3n) is 5.77. The predicted molar refractivity (Wildman–Crippen MR) is 113 cm³/mol. The molecule has 0 heterocycles. The zero-order valence-corrected chi connectivity index (χ0v) is 14.8. The molecule has 6 aromatic rings. The molecule has 2 heteroatoms. The maximum absolute atomic E-state index is 14.6. The van der Waals surface area contributed by atoms with Crippen LogP contribution in [0.25, 0.3) is 54.2 Å². The molecule has 0 amide bonds. The van der Waals surface area contributed by atoms with Gasteiger partial charge in [-0.3, -0.25) is 0 Å². The fourth-order valence-electron chi connectivity index (χ4n) is 4.59. The summed E-state index contributed by atoms with van der Waals surface area (Å²) in [6.07, 6.45) is 0. The van der Waals surface area contributed by atoms with E-state index in [2.05, 4.69) is 42.5 Å². The van der Waals surface area contributed by atoms with Crippen molar-refractivity contribution in [1.82, 2.24) is 0 Å². The molecular weight excluding hydrogens is 350 g/mol. The first-order chi connectivity index (χ1) is 13.7. The highest BCUT2D eigenvalue weighted by atomic mass is 19.2. The van der Waals surface area contributed by atoms with Gasteiger partial charge in [-0.05, 0) is 54.7 Å². The first kappa shape index (κ1) is 15.5. The lowest BCUT2D eigenvalue weighted by Gasteiger charge is -2.16. The van der Waals surface area contributed by atoms with Gasteiger partial charge in [0.05, 0.1) is 0 Å². The average molecular weight is 364 g/mol. The van der Waals surface area contributed by atoms with E-state index in [1.165, 1.54) is 21.5 Å². The molecule has 0 radical (unpaired) electrons. The summed E-state index contributed by atoms with van der Waals surface area (Å²) in [4.78, 5) is 0. The molecule has 0 bridgehead atoms. The Kier molecular flexibility index (Phi) is 3.05. The van der Waals surface area contributed by atoms with Gasteiger partial charge in [0.15, 0.2) is 11.6 Å². The van der Waals surface area contributed by atoms with Gasteiger partial charge in [-0.1, -0.05) is 78.9 Å². The molecular formula is C26H14F2. The predicted octanol–water partition coefficient (Wildman–Crippen LogP) is 7.68. The van der Waals surface area contributed by atoms with E-state index in [4.69, 9.17) is 0 Å². The number of rotatable bonds is 1. The van der Waals surface area contributed by atoms with Crippen LogP contribution in [0.15, 0.2) is 84.9 Å². The van der Waals surface area contributed by atoms with Crippen molar-refractivity contribution in [3.05, 3.63) is 96.6 Å². The lowest BCUT2D eigenvalue weighted by Crippen LogP contribution is -1.92. The van der Waals surface area contributed by atoms with Crippen molar-refractivity contribution in [2.45, 2.75) is 0 Å². The van der Waals surface area contributed by atoms with Crippen molar-refractivity contribution in [2.75, 3.05) is 0 Å². The molecule has 0 saturated carbocycles. The quantitative estimate of drug-likeness (QED) is 0.207. The molecule has 0 aliphatic heterocycles. The second kappa shape index (κ2) is 5.49. The molecule has 28 heavy (non-hydrogen) atoms. The summed E-state index contributed by atoms with van der Waals surface area (Å²) in [6.45, 7) is 0. The standard InChI is InChI=1S/C26H14F2/c27-23-12-4-11-22(26(23)28)16-13-14-21-19-8-2-6-15-5-1-7-18(24(15)19)20-10-3-9-17(16)25(20)21/h1-14H. The van der Waals surface area contributed by atoms with Gasteiger partial charge in [0.2, 0.25) is 0 Å². The summed E-state index contributed by atoms with van der Waals surface area (Å²) in [5.41, 5.74) is 1.00. The molecule has 6 aromatic carbocycles. The molecule has 0 nitrogen and oxygen atoms in total. The summed E-state index contributed by atoms with van der Waals surface area (Å²) in [6, 6.07) is 27.1. The summed E-state index contributed by atoms with van der Waals surface area (Å²) < 4.78 is 28.4. The lowest BCUT2D eigenvalue weighted by atomic mass is 9.87. The van der Waals surface area contributed by atoms with Gasteiger partial charge in [-0.2, -0.15) is 0 Å². The van der Waals surface area contributed by atoms with Crippen LogP contribution >= 0.6 is 0 Å². The molecule has 132 valence electrons. The van der Waals surface area contributed by atoms with E-state index in [1.54, 1.807) is 12.1 Å². The van der Waals surface area contributed by atoms with Gasteiger partial charge in [0.1, 0.15) is 0 Å². The minimum Gasteiger partial charge on any atom is -0.204 e. The van der Waals surface area contributed by atoms with E-state index >= 15 is 0 Å². The second-order valence-electron chi connectivity index (χ2n) is 7.20. The fourth-order valence-corrected chi connectivity index (χ4v) is 4.59. The smallest absolute Gasteiger partial charge is 0.166 e. The van der Waals surface area contributed by atoms with Crippen LogP contribution in [0.5, 0.6) is 0 Å². The highest BCUT2D eigenvalue weighted by molar-refractivity contribution is 6.34. The minimum absolute atomic E-state index is 0.292.